The molecule has 0 heterocycles. The van der Waals surface area contributed by atoms with Crippen LogP contribution < -0.4 is 5.32 Å². The van der Waals surface area contributed by atoms with E-state index in [0.717, 1.165) is 5.56 Å². The Morgan fingerprint density at radius 3 is 2.06 bits per heavy atom. The number of nitrogens with one attached hydrogen (secondary N) is 1. The summed E-state index contributed by atoms with van der Waals surface area (Å²) in [5.74, 6) is -0.363. The Bertz CT molecular complexity index is 995. The van der Waals surface area contributed by atoms with Crippen molar-refractivity contribution < 1.29 is 18.0 Å². The molecule has 1 N–H and O–H groups in total. The highest BCUT2D eigenvalue weighted by Gasteiger charge is 2.26. The van der Waals surface area contributed by atoms with Crippen molar-refractivity contribution in [3.63, 3.8) is 0 Å². The van der Waals surface area contributed by atoms with Gasteiger partial charge in [-0.3, -0.25) is 9.59 Å². The van der Waals surface area contributed by atoms with E-state index in [0.29, 0.717) is 19.4 Å². The molecule has 0 radical (unpaired) electrons. The first kappa shape index (κ1) is 26.5. The van der Waals surface area contributed by atoms with E-state index < -0.39 is 16.1 Å². The number of rotatable bonds is 12. The minimum absolute atomic E-state index is 0.0251. The zero-order valence-electron chi connectivity index (χ0n) is 19.9. The molecule has 0 fully saturated rings. The number of nitrogens with zero attached hydrogens (tertiary/aromatic N) is 2. The predicted octanol–water partition coefficient (Wildman–Crippen LogP) is 3.07. The number of sulfonamides is 1. The van der Waals surface area contributed by atoms with Crippen molar-refractivity contribution in [1.82, 2.24) is 14.5 Å². The van der Waals surface area contributed by atoms with Crippen LogP contribution >= 0.6 is 0 Å². The Hall–Kier alpha value is -2.71. The summed E-state index contributed by atoms with van der Waals surface area (Å²) in [6, 6.07) is 17.4. The summed E-state index contributed by atoms with van der Waals surface area (Å²) in [5.41, 5.74) is 1.08. The molecule has 0 aliphatic heterocycles. The van der Waals surface area contributed by atoms with Gasteiger partial charge in [-0.05, 0) is 51.3 Å². The van der Waals surface area contributed by atoms with Crippen molar-refractivity contribution in [2.75, 3.05) is 20.1 Å². The molecule has 33 heavy (non-hydrogen) atoms. The van der Waals surface area contributed by atoms with Crippen LogP contribution in [0.25, 0.3) is 0 Å². The maximum absolute atomic E-state index is 13.1. The molecule has 7 nitrogen and oxygen atoms in total. The Morgan fingerprint density at radius 1 is 0.909 bits per heavy atom. The van der Waals surface area contributed by atoms with Gasteiger partial charge in [0.2, 0.25) is 21.8 Å². The van der Waals surface area contributed by atoms with Gasteiger partial charge < -0.3 is 10.2 Å². The molecule has 2 aromatic carbocycles. The van der Waals surface area contributed by atoms with E-state index in [4.69, 9.17) is 0 Å². The fourth-order valence-corrected chi connectivity index (χ4v) is 4.69. The molecule has 0 saturated carbocycles. The standard InChI is InChI=1S/C25H35N3O4S/c1-20(2)26-25(30)21(3)28(19-17-22-12-7-5-8-13-22)24(29)16-11-18-27(4)33(31,32)23-14-9-6-10-15-23/h5-10,12-15,20-21H,11,16-19H2,1-4H3,(H,26,30)/t21-/m1/s1. The van der Waals surface area contributed by atoms with Crippen molar-refractivity contribution >= 4 is 21.8 Å². The molecule has 2 aromatic rings. The smallest absolute Gasteiger partial charge is 0.242 e. The van der Waals surface area contributed by atoms with Crippen molar-refractivity contribution in [2.24, 2.45) is 0 Å². The quantitative estimate of drug-likeness (QED) is 0.513. The normalized spacial score (nSPS) is 12.5. The molecular weight excluding hydrogens is 438 g/mol. The van der Waals surface area contributed by atoms with Gasteiger partial charge in [0.15, 0.2) is 0 Å². The second-order valence-corrected chi connectivity index (χ2v) is 10.5. The average molecular weight is 474 g/mol. The van der Waals surface area contributed by atoms with E-state index in [9.17, 15) is 18.0 Å². The fourth-order valence-electron chi connectivity index (χ4n) is 3.46. The lowest BCUT2D eigenvalue weighted by Crippen LogP contribution is -2.50. The second kappa shape index (κ2) is 12.5. The Morgan fingerprint density at radius 2 is 1.48 bits per heavy atom. The molecule has 2 amide bonds. The lowest BCUT2D eigenvalue weighted by Gasteiger charge is -2.29. The van der Waals surface area contributed by atoms with Crippen LogP contribution in [-0.4, -0.2) is 61.7 Å². The van der Waals surface area contributed by atoms with E-state index in [-0.39, 0.29) is 35.7 Å². The Kier molecular flexibility index (Phi) is 10.1. The molecule has 180 valence electrons. The molecule has 1 atom stereocenters. The van der Waals surface area contributed by atoms with E-state index in [1.807, 2.05) is 44.2 Å². The van der Waals surface area contributed by atoms with Crippen LogP contribution in [0.15, 0.2) is 65.6 Å². The number of carbonyl (C=O) groups excluding carboxylic acids is 2. The van der Waals surface area contributed by atoms with Gasteiger partial charge in [-0.25, -0.2) is 12.7 Å². The first-order chi connectivity index (χ1) is 15.6. The minimum atomic E-state index is -3.60. The van der Waals surface area contributed by atoms with Gasteiger partial charge in [0.1, 0.15) is 6.04 Å². The SMILES string of the molecule is CC(C)NC(=O)[C@@H](C)N(CCc1ccccc1)C(=O)CCCN(C)S(=O)(=O)c1ccccc1. The maximum Gasteiger partial charge on any atom is 0.242 e. The lowest BCUT2D eigenvalue weighted by molar-refractivity contribution is -0.140. The van der Waals surface area contributed by atoms with Gasteiger partial charge in [-0.1, -0.05) is 48.5 Å². The number of carbonyl (C=O) groups is 2. The highest BCUT2D eigenvalue weighted by molar-refractivity contribution is 7.89. The largest absolute Gasteiger partial charge is 0.352 e. The summed E-state index contributed by atoms with van der Waals surface area (Å²) in [6.45, 7) is 6.11. The number of amides is 2. The van der Waals surface area contributed by atoms with Crippen LogP contribution in [0.5, 0.6) is 0 Å². The molecule has 0 aromatic heterocycles. The molecule has 0 unspecified atom stereocenters. The summed E-state index contributed by atoms with van der Waals surface area (Å²) in [5, 5.41) is 2.87. The molecule has 0 aliphatic rings. The average Bonchev–Trinajstić information content (AvgIpc) is 2.79. The van der Waals surface area contributed by atoms with Gasteiger partial charge in [-0.15, -0.1) is 0 Å². The van der Waals surface area contributed by atoms with Gasteiger partial charge in [0.05, 0.1) is 4.90 Å². The van der Waals surface area contributed by atoms with Crippen molar-refractivity contribution in [2.45, 2.75) is 57.0 Å². The number of hydrogen-bond acceptors (Lipinski definition) is 4. The van der Waals surface area contributed by atoms with Crippen molar-refractivity contribution in [1.29, 1.82) is 0 Å². The molecular formula is C25H35N3O4S. The van der Waals surface area contributed by atoms with Crippen LogP contribution in [0.1, 0.15) is 39.2 Å². The summed E-state index contributed by atoms with van der Waals surface area (Å²) in [6.07, 6.45) is 1.15. The number of benzene rings is 2. The van der Waals surface area contributed by atoms with Gasteiger partial charge >= 0.3 is 0 Å². The first-order valence-electron chi connectivity index (χ1n) is 11.3. The van der Waals surface area contributed by atoms with E-state index in [2.05, 4.69) is 5.32 Å². The van der Waals surface area contributed by atoms with Crippen LogP contribution in [-0.2, 0) is 26.0 Å². The first-order valence-corrected chi connectivity index (χ1v) is 12.7. The Labute approximate surface area is 197 Å². The number of hydrogen-bond donors (Lipinski definition) is 1. The molecule has 8 heteroatoms. The topological polar surface area (TPSA) is 86.8 Å². The zero-order valence-corrected chi connectivity index (χ0v) is 20.7. The van der Waals surface area contributed by atoms with Crippen LogP contribution in [0, 0.1) is 0 Å². The van der Waals surface area contributed by atoms with Gasteiger partial charge in [0.25, 0.3) is 0 Å². The molecule has 0 bridgehead atoms. The third kappa shape index (κ3) is 7.98. The highest BCUT2D eigenvalue weighted by Crippen LogP contribution is 2.15. The molecule has 2 rings (SSSR count). The van der Waals surface area contributed by atoms with Gasteiger partial charge in [0, 0.05) is 32.6 Å². The predicted molar refractivity (Wildman–Crippen MR) is 130 cm³/mol. The lowest BCUT2D eigenvalue weighted by atomic mass is 10.1. The van der Waals surface area contributed by atoms with Crippen LogP contribution in [0.2, 0.25) is 0 Å². The minimum Gasteiger partial charge on any atom is -0.352 e. The van der Waals surface area contributed by atoms with Gasteiger partial charge in [-0.2, -0.15) is 0 Å². The fraction of sp³-hybridized carbons (Fsp3) is 0.440. The summed E-state index contributed by atoms with van der Waals surface area (Å²) in [4.78, 5) is 27.5. The molecule has 0 aliphatic carbocycles. The third-order valence-corrected chi connectivity index (χ3v) is 7.27. The van der Waals surface area contributed by atoms with Crippen LogP contribution in [0.3, 0.4) is 0 Å². The van der Waals surface area contributed by atoms with E-state index >= 15 is 0 Å². The highest BCUT2D eigenvalue weighted by atomic mass is 32.2. The second-order valence-electron chi connectivity index (χ2n) is 8.41. The third-order valence-electron chi connectivity index (χ3n) is 5.40. The van der Waals surface area contributed by atoms with Crippen molar-refractivity contribution in [3.05, 3.63) is 66.2 Å². The van der Waals surface area contributed by atoms with Crippen molar-refractivity contribution in [3.8, 4) is 0 Å². The zero-order chi connectivity index (χ0) is 24.4. The summed E-state index contributed by atoms with van der Waals surface area (Å²) < 4.78 is 26.6. The van der Waals surface area contributed by atoms with E-state index in [1.54, 1.807) is 42.2 Å². The molecule has 0 saturated heterocycles. The molecule has 0 spiro atoms. The summed E-state index contributed by atoms with van der Waals surface area (Å²) in [7, 11) is -2.09. The van der Waals surface area contributed by atoms with Crippen LogP contribution in [0.4, 0.5) is 0 Å². The Balaban J connectivity index is 2.01. The monoisotopic (exact) mass is 473 g/mol. The summed E-state index contributed by atoms with van der Waals surface area (Å²) >= 11 is 0. The maximum atomic E-state index is 13.1. The van der Waals surface area contributed by atoms with E-state index in [1.165, 1.54) is 11.4 Å².